The van der Waals surface area contributed by atoms with Gasteiger partial charge in [0.05, 0.1) is 12.3 Å². The molecule has 124 valence electrons. The van der Waals surface area contributed by atoms with Crippen LogP contribution in [-0.4, -0.2) is 34.3 Å². The summed E-state index contributed by atoms with van der Waals surface area (Å²) in [6, 6.07) is 15.3. The van der Waals surface area contributed by atoms with Crippen LogP contribution in [0.4, 0.5) is 0 Å². The molecule has 6 nitrogen and oxygen atoms in total. The van der Waals surface area contributed by atoms with E-state index in [1.807, 2.05) is 19.9 Å². The minimum Gasteiger partial charge on any atom is -0.288 e. The number of hydrogen-bond acceptors (Lipinski definition) is 4. The maximum atomic E-state index is 12.5. The lowest BCUT2D eigenvalue weighted by Crippen LogP contribution is -2.32. The molecular weight excluding hydrogens is 306 g/mol. The number of rotatable bonds is 5. The van der Waals surface area contributed by atoms with E-state index < -0.39 is 5.91 Å². The number of hydrogen-bond donors (Lipinski definition) is 2. The number of nitrogens with zero attached hydrogens (tertiary/aromatic N) is 2. The zero-order valence-corrected chi connectivity index (χ0v) is 13.5. The third-order valence-electron chi connectivity index (χ3n) is 3.32. The van der Waals surface area contributed by atoms with Gasteiger partial charge in [0.15, 0.2) is 0 Å². The Labute approximate surface area is 140 Å². The molecule has 2 aromatic rings. The van der Waals surface area contributed by atoms with E-state index in [9.17, 15) is 9.59 Å². The molecule has 0 unspecified atom stereocenters. The van der Waals surface area contributed by atoms with Crippen LogP contribution in [0.3, 0.4) is 0 Å². The van der Waals surface area contributed by atoms with Gasteiger partial charge in [-0.3, -0.25) is 14.8 Å². The third-order valence-corrected chi connectivity index (χ3v) is 3.32. The first kappa shape index (κ1) is 17.4. The fourth-order valence-electron chi connectivity index (χ4n) is 2.05. The van der Waals surface area contributed by atoms with Crippen LogP contribution < -0.4 is 5.48 Å². The molecule has 2 aromatic carbocycles. The van der Waals surface area contributed by atoms with Crippen molar-refractivity contribution in [3.05, 3.63) is 71.3 Å². The van der Waals surface area contributed by atoms with Gasteiger partial charge in [0.1, 0.15) is 0 Å². The van der Waals surface area contributed by atoms with E-state index in [2.05, 4.69) is 5.10 Å². The fourth-order valence-corrected chi connectivity index (χ4v) is 2.05. The Morgan fingerprint density at radius 1 is 1.04 bits per heavy atom. The van der Waals surface area contributed by atoms with Crippen molar-refractivity contribution in [2.75, 3.05) is 0 Å². The van der Waals surface area contributed by atoms with Gasteiger partial charge in [-0.1, -0.05) is 30.3 Å². The first-order valence-electron chi connectivity index (χ1n) is 7.50. The van der Waals surface area contributed by atoms with Gasteiger partial charge in [-0.25, -0.2) is 10.5 Å². The highest BCUT2D eigenvalue weighted by Gasteiger charge is 2.17. The zero-order valence-electron chi connectivity index (χ0n) is 13.5. The summed E-state index contributed by atoms with van der Waals surface area (Å²) in [5.41, 5.74) is 3.20. The number of hydrazone groups is 1. The number of nitrogens with one attached hydrogen (secondary N) is 1. The number of amides is 2. The van der Waals surface area contributed by atoms with Gasteiger partial charge in [-0.15, -0.1) is 0 Å². The highest BCUT2D eigenvalue weighted by atomic mass is 16.5. The van der Waals surface area contributed by atoms with Crippen molar-refractivity contribution >= 4 is 18.0 Å². The second-order valence-electron chi connectivity index (χ2n) is 5.42. The normalized spacial score (nSPS) is 10.8. The van der Waals surface area contributed by atoms with Gasteiger partial charge < -0.3 is 0 Å². The summed E-state index contributed by atoms with van der Waals surface area (Å²) < 4.78 is 0. The predicted molar refractivity (Wildman–Crippen MR) is 91.0 cm³/mol. The van der Waals surface area contributed by atoms with Crippen LogP contribution in [0, 0.1) is 0 Å². The molecule has 2 amide bonds. The maximum Gasteiger partial charge on any atom is 0.274 e. The van der Waals surface area contributed by atoms with E-state index >= 15 is 0 Å². The monoisotopic (exact) mass is 325 g/mol. The molecule has 0 aliphatic rings. The van der Waals surface area contributed by atoms with Crippen LogP contribution in [0.5, 0.6) is 0 Å². The lowest BCUT2D eigenvalue weighted by atomic mass is 10.1. The number of hydroxylamine groups is 1. The van der Waals surface area contributed by atoms with E-state index in [-0.39, 0.29) is 11.9 Å². The van der Waals surface area contributed by atoms with Crippen molar-refractivity contribution in [1.29, 1.82) is 0 Å². The Kier molecular flexibility index (Phi) is 5.81. The minimum atomic E-state index is -0.582. The Bertz CT molecular complexity index is 725. The molecule has 6 heteroatoms. The highest BCUT2D eigenvalue weighted by molar-refractivity contribution is 5.96. The maximum absolute atomic E-state index is 12.5. The molecule has 0 spiro atoms. The number of carbonyl (C=O) groups excluding carboxylic acids is 2. The average Bonchev–Trinajstić information content (AvgIpc) is 2.62. The molecule has 2 rings (SSSR count). The third kappa shape index (κ3) is 4.27. The Morgan fingerprint density at radius 3 is 2.21 bits per heavy atom. The van der Waals surface area contributed by atoms with Gasteiger partial charge in [-0.05, 0) is 43.7 Å². The van der Waals surface area contributed by atoms with Crippen LogP contribution in [0.25, 0.3) is 0 Å². The summed E-state index contributed by atoms with van der Waals surface area (Å²) in [6.07, 6.45) is 1.56. The predicted octanol–water partition coefficient (Wildman–Crippen LogP) is 2.69. The zero-order chi connectivity index (χ0) is 17.5. The topological polar surface area (TPSA) is 82.0 Å². The van der Waals surface area contributed by atoms with Gasteiger partial charge >= 0.3 is 0 Å². The van der Waals surface area contributed by atoms with Crippen molar-refractivity contribution in [3.8, 4) is 0 Å². The summed E-state index contributed by atoms with van der Waals surface area (Å²) in [7, 11) is 0. The molecule has 24 heavy (non-hydrogen) atoms. The van der Waals surface area contributed by atoms with E-state index in [0.29, 0.717) is 11.1 Å². The quantitative estimate of drug-likeness (QED) is 0.504. The van der Waals surface area contributed by atoms with Crippen LogP contribution >= 0.6 is 0 Å². The van der Waals surface area contributed by atoms with Crippen LogP contribution in [-0.2, 0) is 0 Å². The van der Waals surface area contributed by atoms with Crippen molar-refractivity contribution in [2.45, 2.75) is 19.9 Å². The van der Waals surface area contributed by atoms with E-state index in [0.717, 1.165) is 5.56 Å². The van der Waals surface area contributed by atoms with Gasteiger partial charge in [-0.2, -0.15) is 5.10 Å². The lowest BCUT2D eigenvalue weighted by molar-refractivity contribution is 0.0703. The molecule has 0 bridgehead atoms. The first-order chi connectivity index (χ1) is 11.5. The van der Waals surface area contributed by atoms with Crippen molar-refractivity contribution < 1.29 is 14.8 Å². The summed E-state index contributed by atoms with van der Waals surface area (Å²) in [5.74, 6) is -0.764. The summed E-state index contributed by atoms with van der Waals surface area (Å²) in [6.45, 7) is 3.76. The second kappa shape index (κ2) is 8.03. The molecule has 0 aromatic heterocycles. The van der Waals surface area contributed by atoms with Crippen LogP contribution in [0.2, 0.25) is 0 Å². The Morgan fingerprint density at radius 2 is 1.67 bits per heavy atom. The second-order valence-corrected chi connectivity index (χ2v) is 5.42. The molecule has 2 N–H and O–H groups in total. The van der Waals surface area contributed by atoms with Crippen molar-refractivity contribution in [2.24, 2.45) is 5.10 Å². The molecule has 0 aliphatic heterocycles. The molecule has 0 saturated heterocycles. The molecule has 0 fully saturated rings. The summed E-state index contributed by atoms with van der Waals surface area (Å²) in [5, 5.41) is 14.3. The van der Waals surface area contributed by atoms with Crippen LogP contribution in [0.1, 0.15) is 40.1 Å². The smallest absolute Gasteiger partial charge is 0.274 e. The largest absolute Gasteiger partial charge is 0.288 e. The van der Waals surface area contributed by atoms with Gasteiger partial charge in [0.25, 0.3) is 11.8 Å². The fraction of sp³-hybridized carbons (Fsp3) is 0.167. The van der Waals surface area contributed by atoms with E-state index in [1.54, 1.807) is 60.2 Å². The number of benzene rings is 2. The summed E-state index contributed by atoms with van der Waals surface area (Å²) in [4.78, 5) is 23.8. The van der Waals surface area contributed by atoms with Gasteiger partial charge in [0, 0.05) is 11.1 Å². The van der Waals surface area contributed by atoms with Crippen LogP contribution in [0.15, 0.2) is 59.7 Å². The van der Waals surface area contributed by atoms with Crippen molar-refractivity contribution in [1.82, 2.24) is 10.5 Å². The Balaban J connectivity index is 2.17. The van der Waals surface area contributed by atoms with E-state index in [4.69, 9.17) is 5.21 Å². The molecule has 0 aliphatic carbocycles. The van der Waals surface area contributed by atoms with Crippen molar-refractivity contribution in [3.63, 3.8) is 0 Å². The number of carbonyl (C=O) groups is 2. The lowest BCUT2D eigenvalue weighted by Gasteiger charge is -2.21. The highest BCUT2D eigenvalue weighted by Crippen LogP contribution is 2.10. The Hall–Kier alpha value is -2.99. The molecule has 0 radical (unpaired) electrons. The van der Waals surface area contributed by atoms with E-state index in [1.165, 1.54) is 5.01 Å². The molecular formula is C18H19N3O3. The molecule has 0 atom stereocenters. The SMILES string of the molecule is CC(C)N(N=Cc1ccc(C(=O)NO)cc1)C(=O)c1ccccc1. The average molecular weight is 325 g/mol. The standard InChI is InChI=1S/C18H19N3O3/c1-13(2)21(18(23)16-6-4-3-5-7-16)19-12-14-8-10-15(11-9-14)17(22)20-24/h3-13,24H,1-2H3,(H,20,22). The summed E-state index contributed by atoms with van der Waals surface area (Å²) >= 11 is 0. The van der Waals surface area contributed by atoms with Gasteiger partial charge in [0.2, 0.25) is 0 Å². The molecule has 0 heterocycles. The molecule has 0 saturated carbocycles. The first-order valence-corrected chi connectivity index (χ1v) is 7.50. The minimum absolute atomic E-state index is 0.103.